The van der Waals surface area contributed by atoms with Crippen molar-refractivity contribution in [3.8, 4) is 0 Å². The number of esters is 3. The highest BCUT2D eigenvalue weighted by Crippen LogP contribution is 2.19. The molecular weight excluding hydrogens is 985 g/mol. The minimum Gasteiger partial charge on any atom is -0.462 e. The van der Waals surface area contributed by atoms with Crippen molar-refractivity contribution in [3.05, 3.63) is 12.2 Å². The average molecular weight is 1130 g/mol. The van der Waals surface area contributed by atoms with Crippen molar-refractivity contribution in [2.45, 2.75) is 431 Å². The molecule has 0 rings (SSSR count). The zero-order valence-corrected chi connectivity index (χ0v) is 54.6. The van der Waals surface area contributed by atoms with E-state index in [2.05, 4.69) is 32.9 Å². The Kier molecular flexibility index (Phi) is 68.0. The minimum absolute atomic E-state index is 0.0641. The molecule has 0 spiro atoms. The smallest absolute Gasteiger partial charge is 0.306 e. The fraction of sp³-hybridized carbons (Fsp3) is 0.932. The van der Waals surface area contributed by atoms with E-state index in [9.17, 15) is 14.4 Å². The molecule has 0 bridgehead atoms. The molecule has 1 atom stereocenters. The van der Waals surface area contributed by atoms with Gasteiger partial charge < -0.3 is 14.2 Å². The van der Waals surface area contributed by atoms with Gasteiger partial charge in [0, 0.05) is 19.3 Å². The van der Waals surface area contributed by atoms with Crippen LogP contribution in [0.5, 0.6) is 0 Å². The standard InChI is InChI=1S/C74H142O6/c1-4-7-10-13-16-19-22-25-28-31-33-34-35-36-37-38-39-40-41-44-46-49-52-55-58-61-64-67-73(76)79-70-71(69-78-72(75)66-63-60-57-54-51-48-45-42-30-27-24-21-18-15-12-9-6-3)80-74(77)68-65-62-59-56-53-50-47-43-32-29-26-23-20-17-14-11-8-5-2/h27,30,71H,4-26,28-29,31-70H2,1-3H3/b30-27-. The SMILES string of the molecule is CCCCCCCC/C=C\CCCCCCCCCC(=O)OCC(COC(=O)CCCCCCCCCCCCCCCCCCCCCCCCCCCCC)OC(=O)CCCCCCCCCCCCCCCCCCCC. The van der Waals surface area contributed by atoms with Gasteiger partial charge in [-0.2, -0.15) is 0 Å². The maximum Gasteiger partial charge on any atom is 0.306 e. The van der Waals surface area contributed by atoms with Gasteiger partial charge in [0.1, 0.15) is 13.2 Å². The van der Waals surface area contributed by atoms with Crippen LogP contribution in [0.2, 0.25) is 0 Å². The lowest BCUT2D eigenvalue weighted by atomic mass is 10.0. The second-order valence-corrected chi connectivity index (χ2v) is 25.2. The number of hydrogen-bond acceptors (Lipinski definition) is 6. The van der Waals surface area contributed by atoms with Crippen molar-refractivity contribution in [1.29, 1.82) is 0 Å². The molecule has 0 saturated heterocycles. The third-order valence-electron chi connectivity index (χ3n) is 17.0. The number of carbonyl (C=O) groups excluding carboxylic acids is 3. The van der Waals surface area contributed by atoms with Gasteiger partial charge in [0.15, 0.2) is 6.10 Å². The molecule has 0 aliphatic carbocycles. The van der Waals surface area contributed by atoms with Crippen LogP contribution in [0.25, 0.3) is 0 Å². The first-order valence-corrected chi connectivity index (χ1v) is 36.7. The lowest BCUT2D eigenvalue weighted by Crippen LogP contribution is -2.30. The molecule has 6 nitrogen and oxygen atoms in total. The molecule has 0 N–H and O–H groups in total. The van der Waals surface area contributed by atoms with E-state index in [4.69, 9.17) is 14.2 Å². The lowest BCUT2D eigenvalue weighted by Gasteiger charge is -2.18. The maximum absolute atomic E-state index is 13.0. The van der Waals surface area contributed by atoms with Crippen molar-refractivity contribution in [2.75, 3.05) is 13.2 Å². The topological polar surface area (TPSA) is 78.9 Å². The molecule has 80 heavy (non-hydrogen) atoms. The highest BCUT2D eigenvalue weighted by molar-refractivity contribution is 5.71. The van der Waals surface area contributed by atoms with E-state index < -0.39 is 6.10 Å². The van der Waals surface area contributed by atoms with Crippen LogP contribution in [-0.2, 0) is 28.6 Å². The van der Waals surface area contributed by atoms with E-state index in [1.807, 2.05) is 0 Å². The molecule has 474 valence electrons. The van der Waals surface area contributed by atoms with Gasteiger partial charge in [0.25, 0.3) is 0 Å². The summed E-state index contributed by atoms with van der Waals surface area (Å²) in [5, 5.41) is 0. The third kappa shape index (κ3) is 66.9. The Bertz CT molecular complexity index is 1250. The summed E-state index contributed by atoms with van der Waals surface area (Å²) in [5.74, 6) is -0.830. The van der Waals surface area contributed by atoms with E-state index in [0.717, 1.165) is 57.8 Å². The number of hydrogen-bond donors (Lipinski definition) is 0. The van der Waals surface area contributed by atoms with Crippen LogP contribution in [0.3, 0.4) is 0 Å². The molecule has 0 aromatic heterocycles. The quantitative estimate of drug-likeness (QED) is 0.0261. The highest BCUT2D eigenvalue weighted by atomic mass is 16.6. The Balaban J connectivity index is 4.22. The molecule has 0 aliphatic rings. The zero-order chi connectivity index (χ0) is 57.8. The van der Waals surface area contributed by atoms with Gasteiger partial charge in [-0.25, -0.2) is 0 Å². The molecular formula is C74H142O6. The number of allylic oxidation sites excluding steroid dienone is 2. The molecule has 0 aliphatic heterocycles. The second kappa shape index (κ2) is 69.6. The second-order valence-electron chi connectivity index (χ2n) is 25.2. The summed E-state index contributed by atoms with van der Waals surface area (Å²) in [5.41, 5.74) is 0. The summed E-state index contributed by atoms with van der Waals surface area (Å²) in [6.45, 7) is 6.73. The van der Waals surface area contributed by atoms with E-state index in [0.29, 0.717) is 19.3 Å². The van der Waals surface area contributed by atoms with Gasteiger partial charge in [-0.3, -0.25) is 14.4 Å². The summed E-state index contributed by atoms with van der Waals surface area (Å²) in [7, 11) is 0. The number of ether oxygens (including phenoxy) is 3. The monoisotopic (exact) mass is 1130 g/mol. The van der Waals surface area contributed by atoms with Gasteiger partial charge in [-0.15, -0.1) is 0 Å². The molecule has 0 aromatic carbocycles. The summed E-state index contributed by atoms with van der Waals surface area (Å²) in [6, 6.07) is 0. The first-order valence-electron chi connectivity index (χ1n) is 36.7. The Morgan fingerprint density at radius 2 is 0.412 bits per heavy atom. The maximum atomic E-state index is 13.0. The Hall–Kier alpha value is -1.85. The van der Waals surface area contributed by atoms with Crippen LogP contribution in [0.4, 0.5) is 0 Å². The zero-order valence-electron chi connectivity index (χ0n) is 54.6. The first kappa shape index (κ1) is 78.1. The van der Waals surface area contributed by atoms with Crippen LogP contribution in [-0.4, -0.2) is 37.2 Å². The average Bonchev–Trinajstić information content (AvgIpc) is 3.46. The third-order valence-corrected chi connectivity index (χ3v) is 17.0. The van der Waals surface area contributed by atoms with E-state index >= 15 is 0 Å². The molecule has 0 aromatic rings. The predicted octanol–water partition coefficient (Wildman–Crippen LogP) is 25.2. The van der Waals surface area contributed by atoms with Crippen molar-refractivity contribution in [2.24, 2.45) is 0 Å². The first-order chi connectivity index (χ1) is 39.5. The van der Waals surface area contributed by atoms with Crippen LogP contribution >= 0.6 is 0 Å². The van der Waals surface area contributed by atoms with Gasteiger partial charge in [-0.1, -0.05) is 373 Å². The Morgan fingerprint density at radius 3 is 0.625 bits per heavy atom. The summed E-state index contributed by atoms with van der Waals surface area (Å²) < 4.78 is 17.0. The fourth-order valence-corrected chi connectivity index (χ4v) is 11.5. The van der Waals surface area contributed by atoms with Gasteiger partial charge >= 0.3 is 17.9 Å². The predicted molar refractivity (Wildman–Crippen MR) is 349 cm³/mol. The van der Waals surface area contributed by atoms with Crippen LogP contribution in [0.15, 0.2) is 12.2 Å². The van der Waals surface area contributed by atoms with Crippen molar-refractivity contribution < 1.29 is 28.6 Å². The molecule has 0 radical (unpaired) electrons. The molecule has 0 fully saturated rings. The number of carbonyl (C=O) groups is 3. The number of unbranched alkanes of at least 4 members (excludes halogenated alkanes) is 56. The summed E-state index contributed by atoms with van der Waals surface area (Å²) >= 11 is 0. The van der Waals surface area contributed by atoms with Crippen LogP contribution in [0, 0.1) is 0 Å². The van der Waals surface area contributed by atoms with Crippen molar-refractivity contribution in [3.63, 3.8) is 0 Å². The van der Waals surface area contributed by atoms with E-state index in [-0.39, 0.29) is 31.1 Å². The highest BCUT2D eigenvalue weighted by Gasteiger charge is 2.20. The Morgan fingerprint density at radius 1 is 0.237 bits per heavy atom. The van der Waals surface area contributed by atoms with E-state index in [1.54, 1.807) is 0 Å². The normalized spacial score (nSPS) is 12.0. The molecule has 0 amide bonds. The van der Waals surface area contributed by atoms with Crippen LogP contribution in [0.1, 0.15) is 425 Å². The van der Waals surface area contributed by atoms with Crippen LogP contribution < -0.4 is 0 Å². The number of rotatable bonds is 69. The molecule has 6 heteroatoms. The van der Waals surface area contributed by atoms with Crippen molar-refractivity contribution in [1.82, 2.24) is 0 Å². The molecule has 1 unspecified atom stereocenters. The largest absolute Gasteiger partial charge is 0.462 e. The van der Waals surface area contributed by atoms with E-state index in [1.165, 1.54) is 327 Å². The van der Waals surface area contributed by atoms with Crippen molar-refractivity contribution >= 4 is 17.9 Å². The minimum atomic E-state index is -0.768. The van der Waals surface area contributed by atoms with Gasteiger partial charge in [0.2, 0.25) is 0 Å². The summed E-state index contributed by atoms with van der Waals surface area (Å²) in [4.78, 5) is 38.5. The summed E-state index contributed by atoms with van der Waals surface area (Å²) in [6.07, 6.45) is 83.9. The van der Waals surface area contributed by atoms with Gasteiger partial charge in [0.05, 0.1) is 0 Å². The van der Waals surface area contributed by atoms with Gasteiger partial charge in [-0.05, 0) is 44.9 Å². The molecule has 0 heterocycles. The Labute approximate surface area is 501 Å². The molecule has 0 saturated carbocycles. The lowest BCUT2D eigenvalue weighted by molar-refractivity contribution is -0.167. The fourth-order valence-electron chi connectivity index (χ4n) is 11.5.